The Balaban J connectivity index is 3.11. The molecular formula is C13H15NO7. The molecule has 0 aliphatic heterocycles. The van der Waals surface area contributed by atoms with Gasteiger partial charge < -0.3 is 20.4 Å². The van der Waals surface area contributed by atoms with Crippen LogP contribution in [0, 0.1) is 6.92 Å². The average Bonchev–Trinajstić information content (AvgIpc) is 2.36. The second kappa shape index (κ2) is 6.71. The molecule has 8 nitrogen and oxygen atoms in total. The standard InChI is InChI=1S/C13H15NO7/c1-6-2-3-9(15)7(4-6)11(13(20)21)14-8(12(18)19)5-10(16)17/h2-4,8,11,14-15H,5H2,1H3,(H,16,17)(H,18,19)(H,20,21). The van der Waals surface area contributed by atoms with Crippen LogP contribution in [0.25, 0.3) is 0 Å². The van der Waals surface area contributed by atoms with Crippen molar-refractivity contribution in [1.29, 1.82) is 0 Å². The fraction of sp³-hybridized carbons (Fsp3) is 0.308. The highest BCUT2D eigenvalue weighted by molar-refractivity contribution is 5.83. The van der Waals surface area contributed by atoms with Crippen molar-refractivity contribution >= 4 is 17.9 Å². The molecule has 5 N–H and O–H groups in total. The summed E-state index contributed by atoms with van der Waals surface area (Å²) < 4.78 is 0. The third-order valence-electron chi connectivity index (χ3n) is 2.79. The predicted molar refractivity (Wildman–Crippen MR) is 70.0 cm³/mol. The molecule has 21 heavy (non-hydrogen) atoms. The lowest BCUT2D eigenvalue weighted by molar-refractivity contribution is -0.147. The first-order valence-corrected chi connectivity index (χ1v) is 5.95. The lowest BCUT2D eigenvalue weighted by atomic mass is 10.0. The van der Waals surface area contributed by atoms with Crippen LogP contribution >= 0.6 is 0 Å². The molecule has 0 aromatic heterocycles. The Morgan fingerprint density at radius 2 is 1.76 bits per heavy atom. The van der Waals surface area contributed by atoms with Gasteiger partial charge in [0.1, 0.15) is 17.8 Å². The Morgan fingerprint density at radius 3 is 2.24 bits per heavy atom. The smallest absolute Gasteiger partial charge is 0.325 e. The third-order valence-corrected chi connectivity index (χ3v) is 2.79. The van der Waals surface area contributed by atoms with E-state index in [9.17, 15) is 24.6 Å². The van der Waals surface area contributed by atoms with Gasteiger partial charge in [0.25, 0.3) is 0 Å². The topological polar surface area (TPSA) is 144 Å². The molecule has 0 fully saturated rings. The zero-order chi connectivity index (χ0) is 16.2. The van der Waals surface area contributed by atoms with Gasteiger partial charge in [0.2, 0.25) is 0 Å². The minimum atomic E-state index is -1.59. The van der Waals surface area contributed by atoms with Crippen LogP contribution in [0.15, 0.2) is 18.2 Å². The van der Waals surface area contributed by atoms with Crippen molar-refractivity contribution in [3.8, 4) is 5.75 Å². The molecule has 0 amide bonds. The fourth-order valence-corrected chi connectivity index (χ4v) is 1.79. The fourth-order valence-electron chi connectivity index (χ4n) is 1.79. The zero-order valence-electron chi connectivity index (χ0n) is 11.1. The predicted octanol–water partition coefficient (Wildman–Crippen LogP) is 0.344. The van der Waals surface area contributed by atoms with E-state index in [2.05, 4.69) is 5.32 Å². The molecule has 0 saturated carbocycles. The van der Waals surface area contributed by atoms with Crippen molar-refractivity contribution < 1.29 is 34.8 Å². The van der Waals surface area contributed by atoms with Gasteiger partial charge in [0, 0.05) is 5.56 Å². The zero-order valence-corrected chi connectivity index (χ0v) is 11.1. The van der Waals surface area contributed by atoms with Crippen LogP contribution in [-0.2, 0) is 14.4 Å². The van der Waals surface area contributed by atoms with Gasteiger partial charge in [-0.2, -0.15) is 0 Å². The van der Waals surface area contributed by atoms with E-state index in [0.717, 1.165) is 0 Å². The number of rotatable bonds is 7. The molecule has 1 aromatic rings. The summed E-state index contributed by atoms with van der Waals surface area (Å²) in [6, 6.07) is 1.11. The van der Waals surface area contributed by atoms with Gasteiger partial charge in [0.05, 0.1) is 6.42 Å². The molecule has 0 bridgehead atoms. The maximum absolute atomic E-state index is 11.3. The average molecular weight is 297 g/mol. The number of carboxylic acid groups (broad SMARTS) is 3. The second-order valence-electron chi connectivity index (χ2n) is 4.49. The normalized spacial score (nSPS) is 13.4. The maximum Gasteiger partial charge on any atom is 0.325 e. The number of benzene rings is 1. The summed E-state index contributed by atoms with van der Waals surface area (Å²) in [4.78, 5) is 32.9. The summed E-state index contributed by atoms with van der Waals surface area (Å²) in [6.07, 6.45) is -0.786. The first-order valence-electron chi connectivity index (χ1n) is 5.95. The van der Waals surface area contributed by atoms with E-state index in [1.165, 1.54) is 12.1 Å². The van der Waals surface area contributed by atoms with Gasteiger partial charge in [-0.3, -0.25) is 19.7 Å². The minimum absolute atomic E-state index is 0.0286. The summed E-state index contributed by atoms with van der Waals surface area (Å²) in [5.74, 6) is -4.62. The molecule has 2 atom stereocenters. The lowest BCUT2D eigenvalue weighted by Gasteiger charge is -2.20. The number of aromatic hydroxyl groups is 1. The Labute approximate surface area is 119 Å². The molecular weight excluding hydrogens is 282 g/mol. The number of carbonyl (C=O) groups is 3. The SMILES string of the molecule is Cc1ccc(O)c(C(NC(CC(=O)O)C(=O)O)C(=O)O)c1. The van der Waals surface area contributed by atoms with Crippen LogP contribution in [0.2, 0.25) is 0 Å². The number of phenols is 1. The minimum Gasteiger partial charge on any atom is -0.508 e. The van der Waals surface area contributed by atoms with E-state index in [-0.39, 0.29) is 11.3 Å². The van der Waals surface area contributed by atoms with Gasteiger partial charge in [-0.05, 0) is 13.0 Å². The molecule has 2 unspecified atom stereocenters. The van der Waals surface area contributed by atoms with Gasteiger partial charge >= 0.3 is 17.9 Å². The second-order valence-corrected chi connectivity index (χ2v) is 4.49. The Kier molecular flexibility index (Phi) is 5.25. The molecule has 0 saturated heterocycles. The van der Waals surface area contributed by atoms with Gasteiger partial charge in [0.15, 0.2) is 0 Å². The first-order chi connectivity index (χ1) is 9.72. The highest BCUT2D eigenvalue weighted by Crippen LogP contribution is 2.26. The van der Waals surface area contributed by atoms with Crippen molar-refractivity contribution in [2.75, 3.05) is 0 Å². The molecule has 0 aliphatic carbocycles. The molecule has 0 aliphatic rings. The van der Waals surface area contributed by atoms with Gasteiger partial charge in [-0.15, -0.1) is 0 Å². The van der Waals surface area contributed by atoms with Gasteiger partial charge in [-0.25, -0.2) is 0 Å². The molecule has 1 aromatic carbocycles. The van der Waals surface area contributed by atoms with Crippen LogP contribution in [0.4, 0.5) is 0 Å². The maximum atomic E-state index is 11.3. The summed E-state index contributed by atoms with van der Waals surface area (Å²) in [5.41, 5.74) is 0.639. The molecule has 0 heterocycles. The molecule has 0 spiro atoms. The van der Waals surface area contributed by atoms with E-state index in [0.29, 0.717) is 5.56 Å². The van der Waals surface area contributed by atoms with Gasteiger partial charge in [-0.1, -0.05) is 17.7 Å². The summed E-state index contributed by atoms with van der Waals surface area (Å²) in [7, 11) is 0. The largest absolute Gasteiger partial charge is 0.508 e. The third kappa shape index (κ3) is 4.46. The van der Waals surface area contributed by atoms with Crippen molar-refractivity contribution in [3.63, 3.8) is 0 Å². The lowest BCUT2D eigenvalue weighted by Crippen LogP contribution is -2.43. The number of nitrogens with one attached hydrogen (secondary N) is 1. The van der Waals surface area contributed by atoms with Crippen LogP contribution in [0.5, 0.6) is 5.75 Å². The van der Waals surface area contributed by atoms with E-state index >= 15 is 0 Å². The molecule has 8 heteroatoms. The number of carboxylic acids is 3. The molecule has 114 valence electrons. The quantitative estimate of drug-likeness (QED) is 0.484. The summed E-state index contributed by atoms with van der Waals surface area (Å²) >= 11 is 0. The first kappa shape index (κ1) is 16.4. The van der Waals surface area contributed by atoms with Crippen LogP contribution in [0.3, 0.4) is 0 Å². The summed E-state index contributed by atoms with van der Waals surface area (Å²) in [5, 5.41) is 38.7. The monoisotopic (exact) mass is 297 g/mol. The number of hydrogen-bond acceptors (Lipinski definition) is 5. The van der Waals surface area contributed by atoms with Crippen molar-refractivity contribution in [3.05, 3.63) is 29.3 Å². The molecule has 0 radical (unpaired) electrons. The highest BCUT2D eigenvalue weighted by Gasteiger charge is 2.30. The van der Waals surface area contributed by atoms with Crippen molar-refractivity contribution in [1.82, 2.24) is 5.32 Å². The number of phenolic OH excluding ortho intramolecular Hbond substituents is 1. The van der Waals surface area contributed by atoms with E-state index in [1.54, 1.807) is 13.0 Å². The highest BCUT2D eigenvalue weighted by atomic mass is 16.4. The number of hydrogen-bond donors (Lipinski definition) is 5. The van der Waals surface area contributed by atoms with Crippen LogP contribution < -0.4 is 5.32 Å². The Morgan fingerprint density at radius 1 is 1.14 bits per heavy atom. The Hall–Kier alpha value is -2.61. The van der Waals surface area contributed by atoms with E-state index in [1.807, 2.05) is 0 Å². The number of aliphatic carboxylic acids is 3. The Bertz CT molecular complexity index is 570. The van der Waals surface area contributed by atoms with Crippen molar-refractivity contribution in [2.45, 2.75) is 25.4 Å². The van der Waals surface area contributed by atoms with Crippen LogP contribution in [0.1, 0.15) is 23.6 Å². The molecule has 1 rings (SSSR count). The van der Waals surface area contributed by atoms with Crippen LogP contribution in [-0.4, -0.2) is 44.4 Å². The summed E-state index contributed by atoms with van der Waals surface area (Å²) in [6.45, 7) is 1.67. The number of aryl methyl sites for hydroxylation is 1. The van der Waals surface area contributed by atoms with Crippen molar-refractivity contribution in [2.24, 2.45) is 0 Å². The van der Waals surface area contributed by atoms with E-state index in [4.69, 9.17) is 10.2 Å². The van der Waals surface area contributed by atoms with E-state index < -0.39 is 36.4 Å².